The maximum Gasteiger partial charge on any atom is 0.407 e. The fourth-order valence-corrected chi connectivity index (χ4v) is 2.46. The van der Waals surface area contributed by atoms with E-state index in [1.165, 1.54) is 19.3 Å². The normalized spacial score (nSPS) is 14.4. The van der Waals surface area contributed by atoms with E-state index < -0.39 is 0 Å². The van der Waals surface area contributed by atoms with Gasteiger partial charge >= 0.3 is 6.09 Å². The van der Waals surface area contributed by atoms with E-state index >= 15 is 0 Å². The smallest absolute Gasteiger partial charge is 0.407 e. The third-order valence-corrected chi connectivity index (χ3v) is 3.97. The van der Waals surface area contributed by atoms with Crippen LogP contribution in [-0.2, 0) is 18.3 Å². The Morgan fingerprint density at radius 2 is 2.36 bits per heavy atom. The monoisotopic (exact) mass is 300 g/mol. The van der Waals surface area contributed by atoms with Gasteiger partial charge in [0.25, 0.3) is 0 Å². The van der Waals surface area contributed by atoms with Crippen molar-refractivity contribution in [2.45, 2.75) is 25.8 Å². The van der Waals surface area contributed by atoms with Gasteiger partial charge in [-0.2, -0.15) is 5.10 Å². The van der Waals surface area contributed by atoms with Crippen molar-refractivity contribution in [2.24, 2.45) is 13.0 Å². The molecule has 1 amide bonds. The molecule has 1 aliphatic carbocycles. The molecule has 0 aliphatic heterocycles. The van der Waals surface area contributed by atoms with Crippen LogP contribution in [0.25, 0.3) is 11.3 Å². The minimum atomic E-state index is -0.368. The zero-order chi connectivity index (χ0) is 15.4. The third-order valence-electron chi connectivity index (χ3n) is 3.97. The van der Waals surface area contributed by atoms with E-state index in [1.807, 2.05) is 25.4 Å². The molecule has 0 aromatic carbocycles. The number of aromatic nitrogens is 3. The van der Waals surface area contributed by atoms with Crippen molar-refractivity contribution < 1.29 is 9.53 Å². The highest BCUT2D eigenvalue weighted by atomic mass is 16.5. The van der Waals surface area contributed by atoms with Gasteiger partial charge in [0.2, 0.25) is 0 Å². The standard InChI is InChI=1S/C16H20N4O2/c1-20-10-14(9-19-20)15-13(6-3-7-17-15)8-18-16(21)22-11-12-4-2-5-12/h3,6-7,9-10,12H,2,4-5,8,11H2,1H3,(H,18,21). The van der Waals surface area contributed by atoms with Gasteiger partial charge in [0.15, 0.2) is 0 Å². The van der Waals surface area contributed by atoms with Crippen molar-refractivity contribution in [3.8, 4) is 11.3 Å². The molecule has 2 aromatic rings. The Balaban J connectivity index is 1.59. The molecular formula is C16H20N4O2. The lowest BCUT2D eigenvalue weighted by molar-refractivity contribution is 0.103. The van der Waals surface area contributed by atoms with E-state index in [9.17, 15) is 4.79 Å². The highest BCUT2D eigenvalue weighted by molar-refractivity contribution is 5.68. The molecule has 0 bridgehead atoms. The molecule has 1 aliphatic rings. The zero-order valence-corrected chi connectivity index (χ0v) is 12.7. The Morgan fingerprint density at radius 3 is 3.05 bits per heavy atom. The summed E-state index contributed by atoms with van der Waals surface area (Å²) in [6.45, 7) is 0.913. The molecule has 1 N–H and O–H groups in total. The summed E-state index contributed by atoms with van der Waals surface area (Å²) in [5, 5.41) is 6.95. The number of hydrogen-bond donors (Lipinski definition) is 1. The van der Waals surface area contributed by atoms with Crippen molar-refractivity contribution in [3.05, 3.63) is 36.3 Å². The third kappa shape index (κ3) is 3.44. The summed E-state index contributed by atoms with van der Waals surface area (Å²) in [4.78, 5) is 16.1. The lowest BCUT2D eigenvalue weighted by Crippen LogP contribution is -2.28. The molecule has 0 saturated heterocycles. The molecule has 0 spiro atoms. The predicted molar refractivity (Wildman–Crippen MR) is 82.0 cm³/mol. The number of hydrogen-bond acceptors (Lipinski definition) is 4. The van der Waals surface area contributed by atoms with Gasteiger partial charge in [0.1, 0.15) is 0 Å². The van der Waals surface area contributed by atoms with Crippen LogP contribution < -0.4 is 5.32 Å². The van der Waals surface area contributed by atoms with Crippen LogP contribution in [0.2, 0.25) is 0 Å². The maximum absolute atomic E-state index is 11.7. The minimum absolute atomic E-state index is 0.368. The number of rotatable bonds is 5. The first kappa shape index (κ1) is 14.6. The molecule has 2 heterocycles. The molecule has 3 rings (SSSR count). The number of nitrogens with zero attached hydrogens (tertiary/aromatic N) is 3. The summed E-state index contributed by atoms with van der Waals surface area (Å²) < 4.78 is 6.96. The zero-order valence-electron chi connectivity index (χ0n) is 12.7. The SMILES string of the molecule is Cn1cc(-c2ncccc2CNC(=O)OCC2CCC2)cn1. The Bertz CT molecular complexity index is 649. The van der Waals surface area contributed by atoms with E-state index in [0.717, 1.165) is 16.8 Å². The second-order valence-corrected chi connectivity index (χ2v) is 5.66. The van der Waals surface area contributed by atoms with Gasteiger partial charge in [-0.3, -0.25) is 9.67 Å². The number of carbonyl (C=O) groups is 1. The lowest BCUT2D eigenvalue weighted by atomic mass is 9.86. The van der Waals surface area contributed by atoms with E-state index in [4.69, 9.17) is 4.74 Å². The van der Waals surface area contributed by atoms with Crippen molar-refractivity contribution in [3.63, 3.8) is 0 Å². The van der Waals surface area contributed by atoms with Crippen LogP contribution in [0.4, 0.5) is 4.79 Å². The average Bonchev–Trinajstić information content (AvgIpc) is 2.90. The van der Waals surface area contributed by atoms with E-state index in [-0.39, 0.29) is 6.09 Å². The molecule has 22 heavy (non-hydrogen) atoms. The Morgan fingerprint density at radius 1 is 1.50 bits per heavy atom. The highest BCUT2D eigenvalue weighted by Gasteiger charge is 2.19. The second kappa shape index (κ2) is 6.60. The molecule has 6 nitrogen and oxygen atoms in total. The predicted octanol–water partition coefficient (Wildman–Crippen LogP) is 2.51. The van der Waals surface area contributed by atoms with Gasteiger partial charge in [0, 0.05) is 31.5 Å². The first-order chi connectivity index (χ1) is 10.7. The minimum Gasteiger partial charge on any atom is -0.449 e. The molecule has 116 valence electrons. The number of amides is 1. The van der Waals surface area contributed by atoms with Gasteiger partial charge in [-0.25, -0.2) is 4.79 Å². The quantitative estimate of drug-likeness (QED) is 0.921. The summed E-state index contributed by atoms with van der Waals surface area (Å²) in [5.41, 5.74) is 2.70. The van der Waals surface area contributed by atoms with Crippen LogP contribution in [-0.4, -0.2) is 27.5 Å². The van der Waals surface area contributed by atoms with Gasteiger partial charge in [-0.15, -0.1) is 0 Å². The van der Waals surface area contributed by atoms with Crippen molar-refractivity contribution in [1.82, 2.24) is 20.1 Å². The molecule has 1 fully saturated rings. The Hall–Kier alpha value is -2.37. The fourth-order valence-electron chi connectivity index (χ4n) is 2.46. The summed E-state index contributed by atoms with van der Waals surface area (Å²) in [6, 6.07) is 3.80. The average molecular weight is 300 g/mol. The molecule has 2 aromatic heterocycles. The van der Waals surface area contributed by atoms with Crippen LogP contribution in [0.5, 0.6) is 0 Å². The maximum atomic E-state index is 11.7. The number of nitrogens with one attached hydrogen (secondary N) is 1. The lowest BCUT2D eigenvalue weighted by Gasteiger charge is -2.24. The molecule has 0 atom stereocenters. The molecule has 0 radical (unpaired) electrons. The number of ether oxygens (including phenoxy) is 1. The molecule has 1 saturated carbocycles. The molecule has 6 heteroatoms. The van der Waals surface area contributed by atoms with Crippen LogP contribution in [0, 0.1) is 5.92 Å². The summed E-state index contributed by atoms with van der Waals surface area (Å²) in [6.07, 6.45) is 8.62. The van der Waals surface area contributed by atoms with E-state index in [0.29, 0.717) is 19.1 Å². The summed E-state index contributed by atoms with van der Waals surface area (Å²) in [5.74, 6) is 0.551. The number of aryl methyl sites for hydroxylation is 1. The first-order valence-electron chi connectivity index (χ1n) is 7.56. The van der Waals surface area contributed by atoms with Crippen molar-refractivity contribution in [2.75, 3.05) is 6.61 Å². The second-order valence-electron chi connectivity index (χ2n) is 5.66. The van der Waals surface area contributed by atoms with Crippen LogP contribution in [0.1, 0.15) is 24.8 Å². The van der Waals surface area contributed by atoms with Crippen LogP contribution >= 0.6 is 0 Å². The van der Waals surface area contributed by atoms with E-state index in [2.05, 4.69) is 15.4 Å². The van der Waals surface area contributed by atoms with E-state index in [1.54, 1.807) is 17.1 Å². The summed E-state index contributed by atoms with van der Waals surface area (Å²) in [7, 11) is 1.86. The van der Waals surface area contributed by atoms with Crippen molar-refractivity contribution in [1.29, 1.82) is 0 Å². The van der Waals surface area contributed by atoms with Gasteiger partial charge in [0.05, 0.1) is 18.5 Å². The number of carbonyl (C=O) groups excluding carboxylic acids is 1. The topological polar surface area (TPSA) is 69.0 Å². The number of pyridine rings is 1. The molecule has 0 unspecified atom stereocenters. The van der Waals surface area contributed by atoms with Gasteiger partial charge in [-0.1, -0.05) is 12.5 Å². The number of alkyl carbamates (subject to hydrolysis) is 1. The summed E-state index contributed by atoms with van der Waals surface area (Å²) >= 11 is 0. The highest BCUT2D eigenvalue weighted by Crippen LogP contribution is 2.26. The van der Waals surface area contributed by atoms with Crippen LogP contribution in [0.15, 0.2) is 30.7 Å². The van der Waals surface area contributed by atoms with Gasteiger partial charge in [-0.05, 0) is 30.4 Å². The Labute approximate surface area is 129 Å². The Kier molecular flexibility index (Phi) is 4.37. The van der Waals surface area contributed by atoms with Crippen LogP contribution in [0.3, 0.4) is 0 Å². The largest absolute Gasteiger partial charge is 0.449 e. The first-order valence-corrected chi connectivity index (χ1v) is 7.56. The van der Waals surface area contributed by atoms with Crippen molar-refractivity contribution >= 4 is 6.09 Å². The fraction of sp³-hybridized carbons (Fsp3) is 0.438. The molecular weight excluding hydrogens is 280 g/mol. The van der Waals surface area contributed by atoms with Gasteiger partial charge < -0.3 is 10.1 Å².